The van der Waals surface area contributed by atoms with Gasteiger partial charge in [0.15, 0.2) is 0 Å². The van der Waals surface area contributed by atoms with Crippen LogP contribution >= 0.6 is 0 Å². The van der Waals surface area contributed by atoms with Gasteiger partial charge in [-0.15, -0.1) is 0 Å². The van der Waals surface area contributed by atoms with Crippen molar-refractivity contribution in [3.8, 4) is 0 Å². The molecular weight excluding hydrogens is 264 g/mol. The Kier molecular flexibility index (Phi) is 5.67. The van der Waals surface area contributed by atoms with E-state index in [0.717, 1.165) is 25.3 Å². The second-order valence-corrected chi connectivity index (χ2v) is 7.08. The Bertz CT molecular complexity index is 349. The molecule has 2 aliphatic rings. The topological polar surface area (TPSA) is 52.6 Å². The van der Waals surface area contributed by atoms with Crippen LogP contribution in [0, 0.1) is 11.8 Å². The minimum Gasteiger partial charge on any atom is -0.480 e. The summed E-state index contributed by atoms with van der Waals surface area (Å²) in [5.74, 6) is 0.529. The molecule has 1 atom stereocenters. The summed E-state index contributed by atoms with van der Waals surface area (Å²) < 4.78 is 0. The van der Waals surface area contributed by atoms with Gasteiger partial charge in [-0.2, -0.15) is 0 Å². The molecule has 0 aromatic rings. The number of nitrogens with zero attached hydrogens (tertiary/aromatic N) is 1. The molecule has 21 heavy (non-hydrogen) atoms. The summed E-state index contributed by atoms with van der Waals surface area (Å²) in [6.07, 6.45) is 8.44. The summed E-state index contributed by atoms with van der Waals surface area (Å²) in [6.45, 7) is 5.65. The highest BCUT2D eigenvalue weighted by Gasteiger charge is 2.51. The first-order valence-electron chi connectivity index (χ1n) is 8.72. The Labute approximate surface area is 129 Å². The van der Waals surface area contributed by atoms with Gasteiger partial charge in [-0.1, -0.05) is 20.3 Å². The summed E-state index contributed by atoms with van der Waals surface area (Å²) in [4.78, 5) is 14.2. The van der Waals surface area contributed by atoms with Crippen LogP contribution in [0.15, 0.2) is 0 Å². The maximum Gasteiger partial charge on any atom is 0.325 e. The Morgan fingerprint density at radius 2 is 1.81 bits per heavy atom. The van der Waals surface area contributed by atoms with Crippen LogP contribution in [0.25, 0.3) is 0 Å². The third-order valence-corrected chi connectivity index (χ3v) is 5.66. The fraction of sp³-hybridized carbons (Fsp3) is 0.941. The van der Waals surface area contributed by atoms with E-state index < -0.39 is 11.5 Å². The Morgan fingerprint density at radius 3 is 2.24 bits per heavy atom. The average Bonchev–Trinajstić information content (AvgIpc) is 3.31. The van der Waals surface area contributed by atoms with Crippen molar-refractivity contribution in [3.63, 3.8) is 0 Å². The van der Waals surface area contributed by atoms with Crippen molar-refractivity contribution in [1.29, 1.82) is 0 Å². The largest absolute Gasteiger partial charge is 0.480 e. The Balaban J connectivity index is 1.98. The Hall–Kier alpha value is -0.610. The van der Waals surface area contributed by atoms with Gasteiger partial charge in [-0.3, -0.25) is 4.79 Å². The van der Waals surface area contributed by atoms with Crippen molar-refractivity contribution in [2.24, 2.45) is 11.8 Å². The van der Waals surface area contributed by atoms with Gasteiger partial charge in [-0.25, -0.2) is 0 Å². The molecular formula is C17H32N2O2. The molecule has 0 aliphatic heterocycles. The third kappa shape index (κ3) is 3.78. The van der Waals surface area contributed by atoms with Crippen LogP contribution in [-0.2, 0) is 4.79 Å². The number of likely N-dealkylation sites (N-methyl/N-ethyl adjacent to an activating group) is 2. The molecule has 2 saturated carbocycles. The molecule has 0 heterocycles. The molecule has 0 saturated heterocycles. The number of hydrogen-bond acceptors (Lipinski definition) is 3. The average molecular weight is 296 g/mol. The van der Waals surface area contributed by atoms with Crippen LogP contribution in [0.4, 0.5) is 0 Å². The van der Waals surface area contributed by atoms with Gasteiger partial charge in [0.25, 0.3) is 0 Å². The zero-order valence-corrected chi connectivity index (χ0v) is 13.9. The van der Waals surface area contributed by atoms with Crippen molar-refractivity contribution < 1.29 is 9.90 Å². The summed E-state index contributed by atoms with van der Waals surface area (Å²) in [5, 5.41) is 13.1. The number of carboxylic acid groups (broad SMARTS) is 1. The van der Waals surface area contributed by atoms with E-state index in [1.165, 1.54) is 32.1 Å². The van der Waals surface area contributed by atoms with E-state index in [-0.39, 0.29) is 0 Å². The molecule has 0 aromatic carbocycles. The van der Waals surface area contributed by atoms with Gasteiger partial charge in [0, 0.05) is 12.6 Å². The molecule has 2 rings (SSSR count). The lowest BCUT2D eigenvalue weighted by molar-refractivity contribution is -0.147. The molecule has 2 fully saturated rings. The molecule has 4 heteroatoms. The monoisotopic (exact) mass is 296 g/mol. The lowest BCUT2D eigenvalue weighted by atomic mass is 9.83. The van der Waals surface area contributed by atoms with E-state index in [9.17, 15) is 9.90 Å². The number of hydrogen-bond donors (Lipinski definition) is 2. The summed E-state index contributed by atoms with van der Waals surface area (Å²) >= 11 is 0. The van der Waals surface area contributed by atoms with Gasteiger partial charge in [0.2, 0.25) is 0 Å². The quantitative estimate of drug-likeness (QED) is 0.723. The van der Waals surface area contributed by atoms with E-state index >= 15 is 0 Å². The number of carbonyl (C=O) groups is 1. The second kappa shape index (κ2) is 7.10. The fourth-order valence-corrected chi connectivity index (χ4v) is 4.06. The SMILES string of the molecule is CCNC(CN(C)C1CCC(CC)CC1)(C(=O)O)C1CC1. The summed E-state index contributed by atoms with van der Waals surface area (Å²) in [7, 11) is 2.12. The number of nitrogens with one attached hydrogen (secondary N) is 1. The molecule has 0 bridgehead atoms. The number of carboxylic acids is 1. The molecule has 2 N–H and O–H groups in total. The first-order chi connectivity index (χ1) is 10.0. The molecule has 0 amide bonds. The van der Waals surface area contributed by atoms with Crippen molar-refractivity contribution in [2.45, 2.75) is 70.4 Å². The van der Waals surface area contributed by atoms with E-state index in [1.54, 1.807) is 0 Å². The maximum absolute atomic E-state index is 11.9. The molecule has 122 valence electrons. The second-order valence-electron chi connectivity index (χ2n) is 7.08. The lowest BCUT2D eigenvalue weighted by Gasteiger charge is -2.40. The highest BCUT2D eigenvalue weighted by Crippen LogP contribution is 2.41. The molecule has 0 radical (unpaired) electrons. The Morgan fingerprint density at radius 1 is 1.19 bits per heavy atom. The third-order valence-electron chi connectivity index (χ3n) is 5.66. The highest BCUT2D eigenvalue weighted by molar-refractivity contribution is 5.80. The summed E-state index contributed by atoms with van der Waals surface area (Å²) in [6, 6.07) is 0.559. The highest BCUT2D eigenvalue weighted by atomic mass is 16.4. The van der Waals surface area contributed by atoms with Gasteiger partial charge >= 0.3 is 5.97 Å². The molecule has 4 nitrogen and oxygen atoms in total. The zero-order chi connectivity index (χ0) is 15.5. The van der Waals surface area contributed by atoms with Crippen molar-refractivity contribution in [2.75, 3.05) is 20.1 Å². The lowest BCUT2D eigenvalue weighted by Crippen LogP contribution is -2.61. The molecule has 0 spiro atoms. The van der Waals surface area contributed by atoms with Gasteiger partial charge < -0.3 is 15.3 Å². The molecule has 2 aliphatic carbocycles. The van der Waals surface area contributed by atoms with E-state index in [1.807, 2.05) is 6.92 Å². The van der Waals surface area contributed by atoms with Crippen LogP contribution < -0.4 is 5.32 Å². The van der Waals surface area contributed by atoms with Crippen molar-refractivity contribution in [3.05, 3.63) is 0 Å². The van der Waals surface area contributed by atoms with Crippen LogP contribution in [0.1, 0.15) is 58.8 Å². The van der Waals surface area contributed by atoms with Crippen molar-refractivity contribution >= 4 is 5.97 Å². The van der Waals surface area contributed by atoms with E-state index in [4.69, 9.17) is 0 Å². The normalized spacial score (nSPS) is 29.3. The standard InChI is InChI=1S/C17H32N2O2/c1-4-13-6-10-15(11-7-13)19(3)12-17(16(20)21,18-5-2)14-8-9-14/h13-15,18H,4-12H2,1-3H3,(H,20,21). The van der Waals surface area contributed by atoms with Crippen molar-refractivity contribution in [1.82, 2.24) is 10.2 Å². The van der Waals surface area contributed by atoms with Gasteiger partial charge in [0.05, 0.1) is 0 Å². The van der Waals surface area contributed by atoms with Crippen LogP contribution in [0.2, 0.25) is 0 Å². The van der Waals surface area contributed by atoms with Crippen LogP contribution in [0.5, 0.6) is 0 Å². The predicted octanol–water partition coefficient (Wildman–Crippen LogP) is 2.73. The predicted molar refractivity (Wildman–Crippen MR) is 85.4 cm³/mol. The maximum atomic E-state index is 11.9. The van der Waals surface area contributed by atoms with E-state index in [2.05, 4.69) is 24.2 Å². The van der Waals surface area contributed by atoms with Crippen LogP contribution in [0.3, 0.4) is 0 Å². The van der Waals surface area contributed by atoms with E-state index in [0.29, 0.717) is 18.5 Å². The van der Waals surface area contributed by atoms with Gasteiger partial charge in [0.1, 0.15) is 5.54 Å². The number of rotatable bonds is 8. The first kappa shape index (κ1) is 16.8. The number of aliphatic carboxylic acids is 1. The molecule has 0 aromatic heterocycles. The summed E-state index contributed by atoms with van der Waals surface area (Å²) in [5.41, 5.74) is -0.731. The minimum atomic E-state index is -0.731. The molecule has 1 unspecified atom stereocenters. The smallest absolute Gasteiger partial charge is 0.325 e. The fourth-order valence-electron chi connectivity index (χ4n) is 4.06. The van der Waals surface area contributed by atoms with Gasteiger partial charge in [-0.05, 0) is 64.0 Å². The first-order valence-corrected chi connectivity index (χ1v) is 8.72. The minimum absolute atomic E-state index is 0.310. The van der Waals surface area contributed by atoms with Crippen LogP contribution in [-0.4, -0.2) is 47.7 Å². The zero-order valence-electron chi connectivity index (χ0n) is 13.9.